The first-order valence-corrected chi connectivity index (χ1v) is 8.45. The monoisotopic (exact) mass is 336 g/mol. The average molecular weight is 336 g/mol. The highest BCUT2D eigenvalue weighted by molar-refractivity contribution is 5.94. The van der Waals surface area contributed by atoms with Crippen molar-refractivity contribution in [3.8, 4) is 0 Å². The highest BCUT2D eigenvalue weighted by atomic mass is 16.1. The number of aryl methyl sites for hydroxylation is 1. The molecule has 1 fully saturated rings. The molecule has 2 aromatic heterocycles. The van der Waals surface area contributed by atoms with Gasteiger partial charge in [0.2, 0.25) is 0 Å². The lowest BCUT2D eigenvalue weighted by Gasteiger charge is -2.33. The van der Waals surface area contributed by atoms with Crippen molar-refractivity contribution in [1.82, 2.24) is 25.1 Å². The predicted octanol–water partition coefficient (Wildman–Crippen LogP) is 1.76. The minimum atomic E-state index is -0.0564. The van der Waals surface area contributed by atoms with Crippen molar-refractivity contribution in [2.24, 2.45) is 7.05 Å². The van der Waals surface area contributed by atoms with Crippen molar-refractivity contribution >= 4 is 22.6 Å². The molecular weight excluding hydrogens is 316 g/mol. The molecule has 1 amide bonds. The lowest BCUT2D eigenvalue weighted by Crippen LogP contribution is -2.45. The number of fused-ring (bicyclic) bond motifs is 1. The van der Waals surface area contributed by atoms with E-state index in [0.717, 1.165) is 42.7 Å². The molecule has 1 N–H and O–H groups in total. The standard InChI is InChI=1S/C18H20N6O/c1-23-11-13(10-21-23)18(25)22-14-6-8-24(9-7-14)17-15-4-2-3-5-16(15)19-12-20-17/h2-5,10-12,14H,6-9H2,1H3,(H,22,25). The maximum atomic E-state index is 12.3. The van der Waals surface area contributed by atoms with E-state index in [0.29, 0.717) is 5.56 Å². The van der Waals surface area contributed by atoms with E-state index < -0.39 is 0 Å². The molecule has 128 valence electrons. The van der Waals surface area contributed by atoms with Crippen LogP contribution in [-0.2, 0) is 7.05 Å². The van der Waals surface area contributed by atoms with Crippen molar-refractivity contribution in [2.45, 2.75) is 18.9 Å². The highest BCUT2D eigenvalue weighted by Gasteiger charge is 2.23. The van der Waals surface area contributed by atoms with E-state index in [2.05, 4.69) is 31.3 Å². The first-order valence-electron chi connectivity index (χ1n) is 8.45. The van der Waals surface area contributed by atoms with E-state index in [4.69, 9.17) is 0 Å². The number of hydrogen-bond acceptors (Lipinski definition) is 5. The first-order chi connectivity index (χ1) is 12.2. The summed E-state index contributed by atoms with van der Waals surface area (Å²) in [6.45, 7) is 1.72. The zero-order chi connectivity index (χ0) is 17.2. The van der Waals surface area contributed by atoms with Crippen LogP contribution in [0, 0.1) is 0 Å². The van der Waals surface area contributed by atoms with Gasteiger partial charge >= 0.3 is 0 Å². The molecule has 3 heterocycles. The number of para-hydroxylation sites is 1. The van der Waals surface area contributed by atoms with Crippen LogP contribution in [0.4, 0.5) is 5.82 Å². The Bertz CT molecular complexity index is 892. The fourth-order valence-electron chi connectivity index (χ4n) is 3.29. The van der Waals surface area contributed by atoms with Crippen molar-refractivity contribution in [3.05, 3.63) is 48.5 Å². The molecule has 0 unspecified atom stereocenters. The topological polar surface area (TPSA) is 75.9 Å². The Labute approximate surface area is 145 Å². The Kier molecular flexibility index (Phi) is 4.05. The molecule has 0 aliphatic carbocycles. The lowest BCUT2D eigenvalue weighted by atomic mass is 10.0. The first kappa shape index (κ1) is 15.6. The SMILES string of the molecule is Cn1cc(C(=O)NC2CCN(c3ncnc4ccccc34)CC2)cn1. The molecule has 0 spiro atoms. The normalized spacial score (nSPS) is 15.5. The summed E-state index contributed by atoms with van der Waals surface area (Å²) in [6, 6.07) is 8.23. The van der Waals surface area contributed by atoms with Gasteiger partial charge in [0.1, 0.15) is 12.1 Å². The number of nitrogens with one attached hydrogen (secondary N) is 1. The average Bonchev–Trinajstić information content (AvgIpc) is 3.08. The van der Waals surface area contributed by atoms with Gasteiger partial charge < -0.3 is 10.2 Å². The number of benzene rings is 1. The minimum Gasteiger partial charge on any atom is -0.356 e. The Morgan fingerprint density at radius 3 is 2.76 bits per heavy atom. The second kappa shape index (κ2) is 6.51. The number of carbonyl (C=O) groups is 1. The molecule has 0 atom stereocenters. The second-order valence-corrected chi connectivity index (χ2v) is 6.35. The van der Waals surface area contributed by atoms with E-state index in [1.165, 1.54) is 0 Å². The molecule has 1 aliphatic rings. The van der Waals surface area contributed by atoms with Gasteiger partial charge in [-0.25, -0.2) is 9.97 Å². The van der Waals surface area contributed by atoms with Crippen molar-refractivity contribution in [1.29, 1.82) is 0 Å². The van der Waals surface area contributed by atoms with Crippen LogP contribution in [0.25, 0.3) is 10.9 Å². The number of anilines is 1. The number of nitrogens with zero attached hydrogens (tertiary/aromatic N) is 5. The zero-order valence-corrected chi connectivity index (χ0v) is 14.1. The third-order valence-electron chi connectivity index (χ3n) is 4.62. The Hall–Kier alpha value is -2.96. The quantitative estimate of drug-likeness (QED) is 0.789. The summed E-state index contributed by atoms with van der Waals surface area (Å²) in [5.74, 6) is 0.918. The van der Waals surface area contributed by atoms with Crippen molar-refractivity contribution in [2.75, 3.05) is 18.0 Å². The molecule has 3 aromatic rings. The highest BCUT2D eigenvalue weighted by Crippen LogP contribution is 2.25. The Morgan fingerprint density at radius 2 is 2.00 bits per heavy atom. The Balaban J connectivity index is 1.42. The predicted molar refractivity (Wildman–Crippen MR) is 95.4 cm³/mol. The summed E-state index contributed by atoms with van der Waals surface area (Å²) >= 11 is 0. The molecule has 0 saturated carbocycles. The van der Waals surface area contributed by atoms with Crippen molar-refractivity contribution in [3.63, 3.8) is 0 Å². The molecule has 7 heteroatoms. The van der Waals surface area contributed by atoms with Crippen LogP contribution in [0.1, 0.15) is 23.2 Å². The van der Waals surface area contributed by atoms with Gasteiger partial charge in [-0.05, 0) is 25.0 Å². The summed E-state index contributed by atoms with van der Waals surface area (Å²) in [7, 11) is 1.81. The molecule has 1 aliphatic heterocycles. The van der Waals surface area contributed by atoms with Crippen LogP contribution < -0.4 is 10.2 Å². The molecule has 1 saturated heterocycles. The molecule has 7 nitrogen and oxygen atoms in total. The summed E-state index contributed by atoms with van der Waals surface area (Å²) in [6.07, 6.45) is 6.73. The van der Waals surface area contributed by atoms with Crippen LogP contribution in [0.2, 0.25) is 0 Å². The number of rotatable bonds is 3. The number of aromatic nitrogens is 4. The van der Waals surface area contributed by atoms with Crippen LogP contribution in [0.15, 0.2) is 43.0 Å². The molecule has 25 heavy (non-hydrogen) atoms. The summed E-state index contributed by atoms with van der Waals surface area (Å²) < 4.78 is 1.64. The third kappa shape index (κ3) is 3.17. The van der Waals surface area contributed by atoms with Gasteiger partial charge in [-0.15, -0.1) is 0 Å². The van der Waals surface area contributed by atoms with Gasteiger partial charge in [-0.1, -0.05) is 12.1 Å². The van der Waals surface area contributed by atoms with Crippen LogP contribution in [-0.4, -0.2) is 44.8 Å². The van der Waals surface area contributed by atoms with Crippen LogP contribution >= 0.6 is 0 Å². The van der Waals surface area contributed by atoms with Gasteiger partial charge in [0, 0.05) is 37.8 Å². The van der Waals surface area contributed by atoms with E-state index >= 15 is 0 Å². The van der Waals surface area contributed by atoms with E-state index in [-0.39, 0.29) is 11.9 Å². The van der Waals surface area contributed by atoms with Crippen molar-refractivity contribution < 1.29 is 4.79 Å². The molecule has 0 bridgehead atoms. The third-order valence-corrected chi connectivity index (χ3v) is 4.62. The number of hydrogen-bond donors (Lipinski definition) is 1. The number of amides is 1. The van der Waals surface area contributed by atoms with Crippen LogP contribution in [0.5, 0.6) is 0 Å². The maximum absolute atomic E-state index is 12.3. The fraction of sp³-hybridized carbons (Fsp3) is 0.333. The summed E-state index contributed by atoms with van der Waals surface area (Å²) in [5.41, 5.74) is 1.56. The molecule has 0 radical (unpaired) electrons. The van der Waals surface area contributed by atoms with Gasteiger partial charge in [-0.2, -0.15) is 5.10 Å². The fourth-order valence-corrected chi connectivity index (χ4v) is 3.29. The zero-order valence-electron chi connectivity index (χ0n) is 14.1. The molecular formula is C18H20N6O. The number of piperidine rings is 1. The minimum absolute atomic E-state index is 0.0564. The molecule has 1 aromatic carbocycles. The van der Waals surface area contributed by atoms with Gasteiger partial charge in [0.05, 0.1) is 17.3 Å². The number of carbonyl (C=O) groups excluding carboxylic acids is 1. The lowest BCUT2D eigenvalue weighted by molar-refractivity contribution is 0.0931. The van der Waals surface area contributed by atoms with Gasteiger partial charge in [-0.3, -0.25) is 9.48 Å². The maximum Gasteiger partial charge on any atom is 0.254 e. The second-order valence-electron chi connectivity index (χ2n) is 6.35. The van der Waals surface area contributed by atoms with Gasteiger partial charge in [0.25, 0.3) is 5.91 Å². The van der Waals surface area contributed by atoms with Crippen LogP contribution in [0.3, 0.4) is 0 Å². The Morgan fingerprint density at radius 1 is 1.20 bits per heavy atom. The summed E-state index contributed by atoms with van der Waals surface area (Å²) in [5, 5.41) is 8.22. The van der Waals surface area contributed by atoms with E-state index in [1.54, 1.807) is 30.5 Å². The van der Waals surface area contributed by atoms with E-state index in [1.807, 2.05) is 18.2 Å². The van der Waals surface area contributed by atoms with E-state index in [9.17, 15) is 4.79 Å². The van der Waals surface area contributed by atoms with Gasteiger partial charge in [0.15, 0.2) is 0 Å². The molecule has 4 rings (SSSR count). The summed E-state index contributed by atoms with van der Waals surface area (Å²) in [4.78, 5) is 23.3. The smallest absolute Gasteiger partial charge is 0.254 e. The largest absolute Gasteiger partial charge is 0.356 e.